The number of nitrogens with two attached hydrogens (primary N) is 1. The lowest BCUT2D eigenvalue weighted by molar-refractivity contribution is 0.321. The molecule has 1 aliphatic carbocycles. The number of pyridine rings is 1. The van der Waals surface area contributed by atoms with Crippen molar-refractivity contribution in [1.82, 2.24) is 4.98 Å². The molecule has 2 atom stereocenters. The Morgan fingerprint density at radius 2 is 2.07 bits per heavy atom. The van der Waals surface area contributed by atoms with E-state index >= 15 is 0 Å². The first-order valence-electron chi connectivity index (χ1n) is 5.49. The van der Waals surface area contributed by atoms with Gasteiger partial charge in [-0.3, -0.25) is 4.98 Å². The van der Waals surface area contributed by atoms with Crippen LogP contribution in [0.25, 0.3) is 0 Å². The average Bonchev–Trinajstić information content (AvgIpc) is 2.19. The van der Waals surface area contributed by atoms with E-state index in [0.717, 1.165) is 5.92 Å². The van der Waals surface area contributed by atoms with Crippen molar-refractivity contribution >= 4 is 0 Å². The van der Waals surface area contributed by atoms with E-state index in [9.17, 15) is 0 Å². The van der Waals surface area contributed by atoms with Gasteiger partial charge in [0, 0.05) is 18.4 Å². The Labute approximate surface area is 85.5 Å². The monoisotopic (exact) mass is 190 g/mol. The lowest BCUT2D eigenvalue weighted by Crippen LogP contribution is -2.28. The summed E-state index contributed by atoms with van der Waals surface area (Å²) in [5.74, 6) is 0.793. The third kappa shape index (κ3) is 2.55. The van der Waals surface area contributed by atoms with Gasteiger partial charge in [0.1, 0.15) is 0 Å². The number of aromatic nitrogens is 1. The minimum Gasteiger partial charge on any atom is -0.328 e. The van der Waals surface area contributed by atoms with Crippen molar-refractivity contribution in [3.63, 3.8) is 0 Å². The second-order valence-electron chi connectivity index (χ2n) is 4.35. The molecule has 0 aromatic carbocycles. The van der Waals surface area contributed by atoms with Gasteiger partial charge in [0.25, 0.3) is 0 Å². The van der Waals surface area contributed by atoms with Crippen molar-refractivity contribution in [3.05, 3.63) is 30.1 Å². The zero-order valence-electron chi connectivity index (χ0n) is 8.52. The minimum atomic E-state index is 0.440. The van der Waals surface area contributed by atoms with Gasteiger partial charge in [0.15, 0.2) is 0 Å². The lowest BCUT2D eigenvalue weighted by Gasteiger charge is -2.26. The van der Waals surface area contributed by atoms with Crippen LogP contribution in [0.4, 0.5) is 0 Å². The molecule has 2 heteroatoms. The highest BCUT2D eigenvalue weighted by Crippen LogP contribution is 2.25. The van der Waals surface area contributed by atoms with Gasteiger partial charge in [-0.2, -0.15) is 0 Å². The Hall–Kier alpha value is -0.890. The fraction of sp³-hybridized carbons (Fsp3) is 0.583. The molecule has 0 bridgehead atoms. The van der Waals surface area contributed by atoms with Crippen LogP contribution in [0.15, 0.2) is 24.5 Å². The maximum Gasteiger partial charge on any atom is 0.0270 e. The van der Waals surface area contributed by atoms with Crippen molar-refractivity contribution in [1.29, 1.82) is 0 Å². The summed E-state index contributed by atoms with van der Waals surface area (Å²) in [6.45, 7) is 0. The molecule has 1 heterocycles. The SMILES string of the molecule is NC1CCCC(Cc2ccncc2)C1. The highest BCUT2D eigenvalue weighted by Gasteiger charge is 2.19. The number of nitrogens with zero attached hydrogens (tertiary/aromatic N) is 1. The summed E-state index contributed by atoms with van der Waals surface area (Å²) in [4.78, 5) is 4.03. The topological polar surface area (TPSA) is 38.9 Å². The average molecular weight is 190 g/mol. The van der Waals surface area contributed by atoms with E-state index in [1.807, 2.05) is 12.4 Å². The Bertz CT molecular complexity index is 271. The van der Waals surface area contributed by atoms with Crippen LogP contribution in [0.5, 0.6) is 0 Å². The summed E-state index contributed by atoms with van der Waals surface area (Å²) < 4.78 is 0. The highest BCUT2D eigenvalue weighted by atomic mass is 14.6. The summed E-state index contributed by atoms with van der Waals surface area (Å²) in [6.07, 6.45) is 9.98. The summed E-state index contributed by atoms with van der Waals surface area (Å²) in [7, 11) is 0. The van der Waals surface area contributed by atoms with Gasteiger partial charge in [-0.25, -0.2) is 0 Å². The van der Waals surface area contributed by atoms with Gasteiger partial charge >= 0.3 is 0 Å². The fourth-order valence-corrected chi connectivity index (χ4v) is 2.37. The van der Waals surface area contributed by atoms with Gasteiger partial charge in [-0.05, 0) is 42.9 Å². The van der Waals surface area contributed by atoms with Crippen LogP contribution in [-0.4, -0.2) is 11.0 Å². The number of hydrogen-bond acceptors (Lipinski definition) is 2. The van der Waals surface area contributed by atoms with E-state index in [4.69, 9.17) is 5.73 Å². The zero-order chi connectivity index (χ0) is 9.80. The first-order chi connectivity index (χ1) is 6.84. The smallest absolute Gasteiger partial charge is 0.0270 e. The largest absolute Gasteiger partial charge is 0.328 e. The standard InChI is InChI=1S/C12H18N2/c13-12-3-1-2-11(9-12)8-10-4-6-14-7-5-10/h4-7,11-12H,1-3,8-9,13H2. The molecule has 76 valence electrons. The van der Waals surface area contributed by atoms with Crippen molar-refractivity contribution in [2.75, 3.05) is 0 Å². The summed E-state index contributed by atoms with van der Waals surface area (Å²) in [6, 6.07) is 4.66. The van der Waals surface area contributed by atoms with Gasteiger partial charge in [-0.15, -0.1) is 0 Å². The molecule has 0 aliphatic heterocycles. The molecule has 2 nitrogen and oxygen atoms in total. The molecule has 0 amide bonds. The van der Waals surface area contributed by atoms with Crippen LogP contribution in [0, 0.1) is 5.92 Å². The molecule has 1 fully saturated rings. The van der Waals surface area contributed by atoms with Crippen LogP contribution in [0.2, 0.25) is 0 Å². The van der Waals surface area contributed by atoms with Crippen molar-refractivity contribution in [3.8, 4) is 0 Å². The van der Waals surface area contributed by atoms with Crippen LogP contribution in [-0.2, 0) is 6.42 Å². The molecule has 1 aromatic heterocycles. The van der Waals surface area contributed by atoms with Crippen molar-refractivity contribution in [2.45, 2.75) is 38.1 Å². The van der Waals surface area contributed by atoms with Gasteiger partial charge in [-0.1, -0.05) is 12.8 Å². The fourth-order valence-electron chi connectivity index (χ4n) is 2.37. The normalized spacial score (nSPS) is 27.5. The summed E-state index contributed by atoms with van der Waals surface area (Å²) >= 11 is 0. The first-order valence-corrected chi connectivity index (χ1v) is 5.49. The third-order valence-corrected chi connectivity index (χ3v) is 3.10. The molecule has 1 aliphatic rings. The van der Waals surface area contributed by atoms with E-state index in [1.54, 1.807) is 0 Å². The van der Waals surface area contributed by atoms with Gasteiger partial charge < -0.3 is 5.73 Å². The van der Waals surface area contributed by atoms with Crippen LogP contribution >= 0.6 is 0 Å². The molecule has 2 N–H and O–H groups in total. The Morgan fingerprint density at radius 3 is 2.79 bits per heavy atom. The van der Waals surface area contributed by atoms with E-state index in [2.05, 4.69) is 17.1 Å². The molecule has 0 saturated heterocycles. The van der Waals surface area contributed by atoms with Gasteiger partial charge in [0.2, 0.25) is 0 Å². The van der Waals surface area contributed by atoms with E-state index in [-0.39, 0.29) is 0 Å². The molecular weight excluding hydrogens is 172 g/mol. The molecule has 14 heavy (non-hydrogen) atoms. The molecule has 2 rings (SSSR count). The highest BCUT2D eigenvalue weighted by molar-refractivity contribution is 5.10. The van der Waals surface area contributed by atoms with E-state index in [0.29, 0.717) is 6.04 Å². The minimum absolute atomic E-state index is 0.440. The maximum absolute atomic E-state index is 5.97. The lowest BCUT2D eigenvalue weighted by atomic mass is 9.82. The molecule has 0 spiro atoms. The second-order valence-corrected chi connectivity index (χ2v) is 4.35. The van der Waals surface area contributed by atoms with E-state index in [1.165, 1.54) is 37.7 Å². The first kappa shape index (κ1) is 9.66. The van der Waals surface area contributed by atoms with Crippen LogP contribution < -0.4 is 5.73 Å². The van der Waals surface area contributed by atoms with E-state index < -0.39 is 0 Å². The van der Waals surface area contributed by atoms with Gasteiger partial charge in [0.05, 0.1) is 0 Å². The molecule has 1 aromatic rings. The summed E-state index contributed by atoms with van der Waals surface area (Å²) in [5.41, 5.74) is 7.37. The molecule has 1 saturated carbocycles. The number of rotatable bonds is 2. The maximum atomic E-state index is 5.97. The predicted molar refractivity (Wildman–Crippen MR) is 57.9 cm³/mol. The Balaban J connectivity index is 1.91. The van der Waals surface area contributed by atoms with Crippen LogP contribution in [0.1, 0.15) is 31.2 Å². The third-order valence-electron chi connectivity index (χ3n) is 3.10. The second kappa shape index (κ2) is 4.56. The molecular formula is C12H18N2. The van der Waals surface area contributed by atoms with Crippen molar-refractivity contribution < 1.29 is 0 Å². The van der Waals surface area contributed by atoms with Crippen molar-refractivity contribution in [2.24, 2.45) is 11.7 Å². The quantitative estimate of drug-likeness (QED) is 0.776. The van der Waals surface area contributed by atoms with Crippen LogP contribution in [0.3, 0.4) is 0 Å². The summed E-state index contributed by atoms with van der Waals surface area (Å²) in [5, 5.41) is 0. The molecule has 2 unspecified atom stereocenters. The number of hydrogen-bond donors (Lipinski definition) is 1. The molecule has 0 radical (unpaired) electrons. The Kier molecular flexibility index (Phi) is 3.14. The Morgan fingerprint density at radius 1 is 1.29 bits per heavy atom. The zero-order valence-corrected chi connectivity index (χ0v) is 8.52. The predicted octanol–water partition coefficient (Wildman–Crippen LogP) is 2.14.